The fourth-order valence-electron chi connectivity index (χ4n) is 1.82. The lowest BCUT2D eigenvalue weighted by atomic mass is 10.0. The minimum atomic E-state index is -0.320. The molecule has 3 nitrogen and oxygen atoms in total. The highest BCUT2D eigenvalue weighted by atomic mass is 16.3. The summed E-state index contributed by atoms with van der Waals surface area (Å²) in [6.45, 7) is 5.84. The van der Waals surface area contributed by atoms with Crippen LogP contribution >= 0.6 is 0 Å². The Labute approximate surface area is 103 Å². The molecule has 0 bridgehead atoms. The minimum Gasteiger partial charge on any atom is -0.396 e. The van der Waals surface area contributed by atoms with Gasteiger partial charge in [-0.25, -0.2) is 0 Å². The van der Waals surface area contributed by atoms with Crippen LogP contribution in [-0.2, 0) is 11.2 Å². The molecule has 0 aromatic heterocycles. The molecule has 0 spiro atoms. The smallest absolute Gasteiger partial charge is 0.229 e. The predicted molar refractivity (Wildman–Crippen MR) is 70.1 cm³/mol. The molecule has 17 heavy (non-hydrogen) atoms. The molecule has 0 saturated heterocycles. The molecule has 0 heterocycles. The summed E-state index contributed by atoms with van der Waals surface area (Å²) in [4.78, 5) is 11.9. The fraction of sp³-hybridized carbons (Fsp3) is 0.500. The van der Waals surface area contributed by atoms with Gasteiger partial charge in [-0.05, 0) is 30.9 Å². The third kappa shape index (κ3) is 3.30. The fourth-order valence-corrected chi connectivity index (χ4v) is 1.82. The number of aryl methyl sites for hydroxylation is 2. The number of benzene rings is 1. The molecule has 1 amide bonds. The molecule has 0 radical (unpaired) electrons. The Hall–Kier alpha value is -1.35. The second-order valence-electron chi connectivity index (χ2n) is 4.24. The maximum absolute atomic E-state index is 11.9. The molecule has 1 atom stereocenters. The van der Waals surface area contributed by atoms with Crippen LogP contribution in [0.15, 0.2) is 18.2 Å². The number of rotatable bonds is 5. The van der Waals surface area contributed by atoms with E-state index in [-0.39, 0.29) is 18.4 Å². The van der Waals surface area contributed by atoms with Gasteiger partial charge in [-0.15, -0.1) is 0 Å². The van der Waals surface area contributed by atoms with E-state index in [0.717, 1.165) is 23.2 Å². The molecule has 3 heteroatoms. The highest BCUT2D eigenvalue weighted by molar-refractivity contribution is 5.94. The molecular formula is C14H21NO2. The van der Waals surface area contributed by atoms with Crippen molar-refractivity contribution in [1.82, 2.24) is 0 Å². The highest BCUT2D eigenvalue weighted by Crippen LogP contribution is 2.22. The summed E-state index contributed by atoms with van der Waals surface area (Å²) in [5.41, 5.74) is 3.09. The number of carbonyl (C=O) groups is 1. The van der Waals surface area contributed by atoms with Gasteiger partial charge in [-0.2, -0.15) is 0 Å². The van der Waals surface area contributed by atoms with Crippen molar-refractivity contribution in [3.8, 4) is 0 Å². The summed E-state index contributed by atoms with van der Waals surface area (Å²) in [6.07, 6.45) is 1.53. The predicted octanol–water partition coefficient (Wildman–Crippen LogP) is 2.51. The van der Waals surface area contributed by atoms with Gasteiger partial charge in [0.2, 0.25) is 5.91 Å². The minimum absolute atomic E-state index is 0.0981. The van der Waals surface area contributed by atoms with Crippen molar-refractivity contribution in [2.45, 2.75) is 33.6 Å². The average Bonchev–Trinajstić information content (AvgIpc) is 2.33. The van der Waals surface area contributed by atoms with E-state index in [2.05, 4.69) is 12.2 Å². The first-order valence-electron chi connectivity index (χ1n) is 6.14. The summed E-state index contributed by atoms with van der Waals surface area (Å²) in [5, 5.41) is 12.0. The molecular weight excluding hydrogens is 214 g/mol. The van der Waals surface area contributed by atoms with Crippen LogP contribution in [0.2, 0.25) is 0 Å². The van der Waals surface area contributed by atoms with Crippen molar-refractivity contribution in [2.75, 3.05) is 11.9 Å². The first-order chi connectivity index (χ1) is 8.13. The molecule has 1 rings (SSSR count). The zero-order valence-corrected chi connectivity index (χ0v) is 10.8. The Balaban J connectivity index is 2.91. The molecule has 94 valence electrons. The van der Waals surface area contributed by atoms with Gasteiger partial charge in [-0.3, -0.25) is 4.79 Å². The van der Waals surface area contributed by atoms with E-state index < -0.39 is 0 Å². The topological polar surface area (TPSA) is 49.3 Å². The van der Waals surface area contributed by atoms with Crippen molar-refractivity contribution in [3.05, 3.63) is 29.3 Å². The normalized spacial score (nSPS) is 12.2. The van der Waals surface area contributed by atoms with Crippen LogP contribution in [0.5, 0.6) is 0 Å². The van der Waals surface area contributed by atoms with Gasteiger partial charge >= 0.3 is 0 Å². The van der Waals surface area contributed by atoms with Gasteiger partial charge in [0.05, 0.1) is 12.5 Å². The number of nitrogens with one attached hydrogen (secondary N) is 1. The highest BCUT2D eigenvalue weighted by Gasteiger charge is 2.17. The van der Waals surface area contributed by atoms with Crippen LogP contribution in [0.4, 0.5) is 5.69 Å². The van der Waals surface area contributed by atoms with Crippen molar-refractivity contribution in [2.24, 2.45) is 5.92 Å². The van der Waals surface area contributed by atoms with E-state index in [1.807, 2.05) is 32.0 Å². The Morgan fingerprint density at radius 2 is 2.12 bits per heavy atom. The second kappa shape index (κ2) is 6.40. The van der Waals surface area contributed by atoms with Crippen molar-refractivity contribution in [3.63, 3.8) is 0 Å². The summed E-state index contributed by atoms with van der Waals surface area (Å²) in [7, 11) is 0. The summed E-state index contributed by atoms with van der Waals surface area (Å²) in [6, 6.07) is 5.99. The van der Waals surface area contributed by atoms with Gasteiger partial charge in [0.15, 0.2) is 0 Å². The SMILES string of the molecule is CCc1cccc(C)c1NC(=O)C(CC)CO. The lowest BCUT2D eigenvalue weighted by Gasteiger charge is -2.16. The first-order valence-corrected chi connectivity index (χ1v) is 6.14. The first kappa shape index (κ1) is 13.7. The Morgan fingerprint density at radius 1 is 1.41 bits per heavy atom. The Bertz CT molecular complexity index is 384. The van der Waals surface area contributed by atoms with Gasteiger partial charge < -0.3 is 10.4 Å². The standard InChI is InChI=1S/C14H21NO2/c1-4-11-8-6-7-10(3)13(11)15-14(17)12(5-2)9-16/h6-8,12,16H,4-5,9H2,1-3H3,(H,15,17). The maximum atomic E-state index is 11.9. The monoisotopic (exact) mass is 235 g/mol. The van der Waals surface area contributed by atoms with Crippen LogP contribution in [-0.4, -0.2) is 17.6 Å². The summed E-state index contributed by atoms with van der Waals surface area (Å²) in [5.74, 6) is -0.418. The third-order valence-corrected chi connectivity index (χ3v) is 3.07. The second-order valence-corrected chi connectivity index (χ2v) is 4.24. The van der Waals surface area contributed by atoms with E-state index >= 15 is 0 Å². The largest absolute Gasteiger partial charge is 0.396 e. The number of para-hydroxylation sites is 1. The molecule has 1 aromatic rings. The maximum Gasteiger partial charge on any atom is 0.229 e. The molecule has 0 fully saturated rings. The zero-order valence-electron chi connectivity index (χ0n) is 10.8. The van der Waals surface area contributed by atoms with E-state index in [4.69, 9.17) is 5.11 Å². The molecule has 2 N–H and O–H groups in total. The number of aliphatic hydroxyl groups excluding tert-OH is 1. The number of hydrogen-bond acceptors (Lipinski definition) is 2. The number of aliphatic hydroxyl groups is 1. The zero-order chi connectivity index (χ0) is 12.8. The molecule has 1 aromatic carbocycles. The van der Waals surface area contributed by atoms with E-state index in [1.165, 1.54) is 0 Å². The van der Waals surface area contributed by atoms with Gasteiger partial charge in [-0.1, -0.05) is 32.0 Å². The number of carbonyl (C=O) groups excluding carboxylic acids is 1. The molecule has 0 aliphatic rings. The van der Waals surface area contributed by atoms with Crippen LogP contribution in [0, 0.1) is 12.8 Å². The van der Waals surface area contributed by atoms with Crippen LogP contribution < -0.4 is 5.32 Å². The number of amides is 1. The van der Waals surface area contributed by atoms with Crippen molar-refractivity contribution in [1.29, 1.82) is 0 Å². The Kier molecular flexibility index (Phi) is 5.16. The molecule has 1 unspecified atom stereocenters. The third-order valence-electron chi connectivity index (χ3n) is 3.07. The van der Waals surface area contributed by atoms with E-state index in [9.17, 15) is 4.79 Å². The van der Waals surface area contributed by atoms with Crippen LogP contribution in [0.1, 0.15) is 31.4 Å². The van der Waals surface area contributed by atoms with Gasteiger partial charge in [0.25, 0.3) is 0 Å². The molecule has 0 aliphatic carbocycles. The Morgan fingerprint density at radius 3 is 2.65 bits per heavy atom. The van der Waals surface area contributed by atoms with Crippen molar-refractivity contribution >= 4 is 11.6 Å². The number of hydrogen-bond donors (Lipinski definition) is 2. The lowest BCUT2D eigenvalue weighted by Crippen LogP contribution is -2.26. The quantitative estimate of drug-likeness (QED) is 0.824. The molecule has 0 aliphatic heterocycles. The van der Waals surface area contributed by atoms with Crippen LogP contribution in [0.25, 0.3) is 0 Å². The van der Waals surface area contributed by atoms with Gasteiger partial charge in [0.1, 0.15) is 0 Å². The van der Waals surface area contributed by atoms with E-state index in [1.54, 1.807) is 0 Å². The molecule has 0 saturated carbocycles. The summed E-state index contributed by atoms with van der Waals surface area (Å²) >= 11 is 0. The number of anilines is 1. The van der Waals surface area contributed by atoms with Crippen molar-refractivity contribution < 1.29 is 9.90 Å². The van der Waals surface area contributed by atoms with Crippen LogP contribution in [0.3, 0.4) is 0 Å². The average molecular weight is 235 g/mol. The summed E-state index contributed by atoms with van der Waals surface area (Å²) < 4.78 is 0. The lowest BCUT2D eigenvalue weighted by molar-refractivity contribution is -0.121. The van der Waals surface area contributed by atoms with E-state index in [0.29, 0.717) is 6.42 Å². The van der Waals surface area contributed by atoms with Gasteiger partial charge in [0, 0.05) is 5.69 Å².